The Balaban J connectivity index is 1.94. The molecule has 1 aliphatic heterocycles. The number of nitrogens with zero attached hydrogens (tertiary/aromatic N) is 3. The third-order valence-corrected chi connectivity index (χ3v) is 3.89. The summed E-state index contributed by atoms with van der Waals surface area (Å²) >= 11 is 0. The number of aromatic nitrogens is 1. The molecule has 2 N–H and O–H groups in total. The van der Waals surface area contributed by atoms with Gasteiger partial charge in [-0.2, -0.15) is 0 Å². The van der Waals surface area contributed by atoms with Gasteiger partial charge in [0.15, 0.2) is 0 Å². The molecule has 1 aromatic heterocycles. The van der Waals surface area contributed by atoms with Crippen LogP contribution in [-0.2, 0) is 0 Å². The summed E-state index contributed by atoms with van der Waals surface area (Å²) in [6.45, 7) is 5.48. The van der Waals surface area contributed by atoms with Gasteiger partial charge < -0.3 is 15.5 Å². The fraction of sp³-hybridized carbons (Fsp3) is 0.643. The normalized spacial score (nSPS) is 17.9. The maximum atomic E-state index is 5.94. The average Bonchev–Trinajstić information content (AvgIpc) is 2.35. The van der Waals surface area contributed by atoms with E-state index >= 15 is 0 Å². The average molecular weight is 248 g/mol. The van der Waals surface area contributed by atoms with E-state index in [4.69, 9.17) is 5.73 Å². The highest BCUT2D eigenvalue weighted by Crippen LogP contribution is 2.21. The molecule has 1 fully saturated rings. The molecule has 0 bridgehead atoms. The van der Waals surface area contributed by atoms with Crippen molar-refractivity contribution in [2.45, 2.75) is 19.8 Å². The Labute approximate surface area is 110 Å². The molecule has 1 aliphatic rings. The predicted molar refractivity (Wildman–Crippen MR) is 76.9 cm³/mol. The molecule has 0 aliphatic carbocycles. The SMILES string of the molecule is Cc1cnc(N(C)CC2CCN(C)CC2)cc1N. The lowest BCUT2D eigenvalue weighted by Gasteiger charge is -2.32. The van der Waals surface area contributed by atoms with E-state index in [2.05, 4.69) is 28.9 Å². The van der Waals surface area contributed by atoms with Crippen LogP contribution in [0.15, 0.2) is 12.3 Å². The summed E-state index contributed by atoms with van der Waals surface area (Å²) in [5.41, 5.74) is 7.81. The van der Waals surface area contributed by atoms with E-state index in [-0.39, 0.29) is 0 Å². The van der Waals surface area contributed by atoms with Gasteiger partial charge in [-0.25, -0.2) is 4.98 Å². The molecule has 0 aromatic carbocycles. The zero-order valence-corrected chi connectivity index (χ0v) is 11.7. The summed E-state index contributed by atoms with van der Waals surface area (Å²) in [5, 5.41) is 0. The van der Waals surface area contributed by atoms with Crippen molar-refractivity contribution in [1.82, 2.24) is 9.88 Å². The molecule has 100 valence electrons. The van der Waals surface area contributed by atoms with Crippen molar-refractivity contribution < 1.29 is 0 Å². The first-order chi connectivity index (χ1) is 8.56. The van der Waals surface area contributed by atoms with Crippen LogP contribution in [0.5, 0.6) is 0 Å². The first-order valence-electron chi connectivity index (χ1n) is 6.68. The minimum absolute atomic E-state index is 0.774. The van der Waals surface area contributed by atoms with Crippen LogP contribution < -0.4 is 10.6 Å². The number of rotatable bonds is 3. The maximum Gasteiger partial charge on any atom is 0.130 e. The Kier molecular flexibility index (Phi) is 4.07. The minimum Gasteiger partial charge on any atom is -0.398 e. The molecule has 1 saturated heterocycles. The summed E-state index contributed by atoms with van der Waals surface area (Å²) in [5.74, 6) is 1.76. The van der Waals surface area contributed by atoms with E-state index in [0.717, 1.165) is 29.5 Å². The molecular formula is C14H24N4. The number of piperidine rings is 1. The van der Waals surface area contributed by atoms with E-state index in [9.17, 15) is 0 Å². The van der Waals surface area contributed by atoms with Gasteiger partial charge in [0, 0.05) is 31.5 Å². The Hall–Kier alpha value is -1.29. The van der Waals surface area contributed by atoms with E-state index in [1.54, 1.807) is 0 Å². The molecular weight excluding hydrogens is 224 g/mol. The van der Waals surface area contributed by atoms with Crippen molar-refractivity contribution in [2.75, 3.05) is 44.4 Å². The highest BCUT2D eigenvalue weighted by atomic mass is 15.2. The van der Waals surface area contributed by atoms with Crippen LogP contribution in [0.1, 0.15) is 18.4 Å². The van der Waals surface area contributed by atoms with Crippen molar-refractivity contribution in [2.24, 2.45) is 5.92 Å². The lowest BCUT2D eigenvalue weighted by Crippen LogP contribution is -2.36. The number of hydrogen-bond acceptors (Lipinski definition) is 4. The van der Waals surface area contributed by atoms with Crippen molar-refractivity contribution in [1.29, 1.82) is 0 Å². The van der Waals surface area contributed by atoms with Crippen LogP contribution in [-0.4, -0.2) is 43.6 Å². The smallest absolute Gasteiger partial charge is 0.130 e. The molecule has 0 radical (unpaired) electrons. The first kappa shape index (κ1) is 13.1. The summed E-state index contributed by atoms with van der Waals surface area (Å²) in [6.07, 6.45) is 4.42. The van der Waals surface area contributed by atoms with Gasteiger partial charge in [0.05, 0.1) is 0 Å². The second-order valence-electron chi connectivity index (χ2n) is 5.53. The van der Waals surface area contributed by atoms with Gasteiger partial charge in [-0.1, -0.05) is 0 Å². The third-order valence-electron chi connectivity index (χ3n) is 3.89. The first-order valence-corrected chi connectivity index (χ1v) is 6.68. The van der Waals surface area contributed by atoms with Crippen LogP contribution in [0.2, 0.25) is 0 Å². The number of nitrogen functional groups attached to an aromatic ring is 1. The summed E-state index contributed by atoms with van der Waals surface area (Å²) in [4.78, 5) is 9.08. The van der Waals surface area contributed by atoms with E-state index in [1.807, 2.05) is 19.2 Å². The lowest BCUT2D eigenvalue weighted by atomic mass is 9.97. The molecule has 4 nitrogen and oxygen atoms in total. The predicted octanol–water partition coefficient (Wildman–Crippen LogP) is 1.75. The molecule has 2 rings (SSSR count). The minimum atomic E-state index is 0.774. The van der Waals surface area contributed by atoms with E-state index in [1.165, 1.54) is 25.9 Å². The maximum absolute atomic E-state index is 5.94. The summed E-state index contributed by atoms with van der Waals surface area (Å²) in [6, 6.07) is 1.98. The molecule has 4 heteroatoms. The van der Waals surface area contributed by atoms with Crippen molar-refractivity contribution >= 4 is 11.5 Å². The molecule has 1 aromatic rings. The van der Waals surface area contributed by atoms with E-state index < -0.39 is 0 Å². The summed E-state index contributed by atoms with van der Waals surface area (Å²) < 4.78 is 0. The van der Waals surface area contributed by atoms with Gasteiger partial charge in [-0.3, -0.25) is 0 Å². The van der Waals surface area contributed by atoms with Crippen molar-refractivity contribution in [3.05, 3.63) is 17.8 Å². The van der Waals surface area contributed by atoms with Gasteiger partial charge >= 0.3 is 0 Å². The zero-order chi connectivity index (χ0) is 13.1. The number of anilines is 2. The van der Waals surface area contributed by atoms with Gasteiger partial charge in [-0.15, -0.1) is 0 Å². The summed E-state index contributed by atoms with van der Waals surface area (Å²) in [7, 11) is 4.30. The fourth-order valence-corrected chi connectivity index (χ4v) is 2.46. The number of likely N-dealkylation sites (tertiary alicyclic amines) is 1. The Bertz CT molecular complexity index is 397. The molecule has 0 atom stereocenters. The second kappa shape index (κ2) is 5.57. The molecule has 0 spiro atoms. The third kappa shape index (κ3) is 3.13. The zero-order valence-electron chi connectivity index (χ0n) is 11.7. The van der Waals surface area contributed by atoms with Crippen molar-refractivity contribution in [3.63, 3.8) is 0 Å². The van der Waals surface area contributed by atoms with Crippen LogP contribution in [0, 0.1) is 12.8 Å². The highest BCUT2D eigenvalue weighted by molar-refractivity contribution is 5.54. The lowest BCUT2D eigenvalue weighted by molar-refractivity contribution is 0.222. The molecule has 2 heterocycles. The Morgan fingerprint density at radius 3 is 2.72 bits per heavy atom. The van der Waals surface area contributed by atoms with Gasteiger partial charge in [-0.05, 0) is 51.4 Å². The van der Waals surface area contributed by atoms with E-state index in [0.29, 0.717) is 0 Å². The monoisotopic (exact) mass is 248 g/mol. The van der Waals surface area contributed by atoms with Crippen molar-refractivity contribution in [3.8, 4) is 0 Å². The number of nitrogens with two attached hydrogens (primary N) is 1. The van der Waals surface area contributed by atoms with Gasteiger partial charge in [0.25, 0.3) is 0 Å². The fourth-order valence-electron chi connectivity index (χ4n) is 2.46. The molecule has 0 unspecified atom stereocenters. The molecule has 18 heavy (non-hydrogen) atoms. The second-order valence-corrected chi connectivity index (χ2v) is 5.53. The molecule has 0 saturated carbocycles. The Morgan fingerprint density at radius 1 is 1.44 bits per heavy atom. The highest BCUT2D eigenvalue weighted by Gasteiger charge is 2.18. The molecule has 0 amide bonds. The Morgan fingerprint density at radius 2 is 2.11 bits per heavy atom. The van der Waals surface area contributed by atoms with Crippen LogP contribution >= 0.6 is 0 Å². The number of pyridine rings is 1. The quantitative estimate of drug-likeness (QED) is 0.885. The van der Waals surface area contributed by atoms with Crippen LogP contribution in [0.25, 0.3) is 0 Å². The van der Waals surface area contributed by atoms with Crippen LogP contribution in [0.3, 0.4) is 0 Å². The topological polar surface area (TPSA) is 45.4 Å². The largest absolute Gasteiger partial charge is 0.398 e. The number of hydrogen-bond donors (Lipinski definition) is 1. The number of aryl methyl sites for hydroxylation is 1. The standard InChI is InChI=1S/C14H24N4/c1-11-9-16-14(8-13(11)15)18(3)10-12-4-6-17(2)7-5-12/h8-9,12H,4-7,10H2,1-3H3,(H2,15,16). The van der Waals surface area contributed by atoms with Gasteiger partial charge in [0.2, 0.25) is 0 Å². The van der Waals surface area contributed by atoms with Crippen LogP contribution in [0.4, 0.5) is 11.5 Å². The van der Waals surface area contributed by atoms with Gasteiger partial charge in [0.1, 0.15) is 5.82 Å².